The molecule has 0 aliphatic carbocycles. The monoisotopic (exact) mass is 544 g/mol. The third kappa shape index (κ3) is 9.71. The van der Waals surface area contributed by atoms with Crippen molar-refractivity contribution in [2.24, 2.45) is 0 Å². The van der Waals surface area contributed by atoms with E-state index in [0.29, 0.717) is 25.3 Å². The van der Waals surface area contributed by atoms with Crippen LogP contribution in [0.25, 0.3) is 0 Å². The van der Waals surface area contributed by atoms with Crippen molar-refractivity contribution < 1.29 is 27.4 Å². The molecular weight excluding hydrogens is 513 g/mol. The molecule has 0 fully saturated rings. The number of hydrogen-bond donors (Lipinski definition) is 3. The largest absolute Gasteiger partial charge is 0.494 e. The Kier molecular flexibility index (Phi) is 9.90. The number of nitrogens with one attached hydrogen (secondary N) is 3. The zero-order valence-electron chi connectivity index (χ0n) is 21.4. The second kappa shape index (κ2) is 13.7. The van der Waals surface area contributed by atoms with Crippen LogP contribution in [0.4, 0.5) is 19.1 Å². The molecule has 0 atom stereocenters. The van der Waals surface area contributed by atoms with E-state index in [0.717, 1.165) is 49.2 Å². The highest BCUT2D eigenvalue weighted by Crippen LogP contribution is 2.19. The SMILES string of the molecule is O=C1NCCCNCCCCOc2ccc(cc2)CNc2nc(nc(OCC(F)(F)F)n2)Cc2ccc1cc2. The summed E-state index contributed by atoms with van der Waals surface area (Å²) in [6, 6.07) is 14.0. The summed E-state index contributed by atoms with van der Waals surface area (Å²) in [4.78, 5) is 24.9. The molecule has 208 valence electrons. The molecule has 39 heavy (non-hydrogen) atoms. The van der Waals surface area contributed by atoms with Gasteiger partial charge >= 0.3 is 12.2 Å². The van der Waals surface area contributed by atoms with Crippen molar-refractivity contribution in [3.8, 4) is 11.8 Å². The van der Waals surface area contributed by atoms with Crippen molar-refractivity contribution in [1.82, 2.24) is 25.6 Å². The lowest BCUT2D eigenvalue weighted by Gasteiger charge is -2.12. The summed E-state index contributed by atoms with van der Waals surface area (Å²) in [6.07, 6.45) is -1.64. The molecule has 0 saturated heterocycles. The topological polar surface area (TPSA) is 110 Å². The van der Waals surface area contributed by atoms with Crippen LogP contribution in [0, 0.1) is 0 Å². The first-order chi connectivity index (χ1) is 18.8. The fraction of sp³-hybridized carbons (Fsp3) is 0.407. The molecule has 3 aliphatic heterocycles. The van der Waals surface area contributed by atoms with Gasteiger partial charge in [-0.05, 0) is 67.7 Å². The number of amides is 1. The number of carbonyl (C=O) groups excluding carboxylic acids is 1. The summed E-state index contributed by atoms with van der Waals surface area (Å²) in [7, 11) is 0. The molecule has 0 saturated carbocycles. The highest BCUT2D eigenvalue weighted by Gasteiger charge is 2.29. The standard InChI is InChI=1S/C27H31F3N6O3/c28-27(29,30)18-39-26-35-23-16-19-4-8-21(9-5-19)24(37)32-14-3-13-31-12-1-2-15-38-22-10-6-20(7-11-22)17-33-25(34-23)36-26/h4-11,31H,1-3,12-18H2,(H,32,37)(H,33,34,35,36). The number of carbonyl (C=O) groups is 1. The highest BCUT2D eigenvalue weighted by atomic mass is 19.4. The zero-order valence-corrected chi connectivity index (χ0v) is 21.4. The van der Waals surface area contributed by atoms with E-state index >= 15 is 0 Å². The molecule has 0 spiro atoms. The van der Waals surface area contributed by atoms with E-state index in [2.05, 4.69) is 30.9 Å². The van der Waals surface area contributed by atoms with Gasteiger partial charge < -0.3 is 25.4 Å². The third-order valence-corrected chi connectivity index (χ3v) is 5.81. The molecule has 3 aromatic rings. The van der Waals surface area contributed by atoms with Crippen molar-refractivity contribution in [2.75, 3.05) is 38.2 Å². The van der Waals surface area contributed by atoms with Crippen molar-refractivity contribution in [3.05, 3.63) is 71.0 Å². The van der Waals surface area contributed by atoms with Crippen LogP contribution >= 0.6 is 0 Å². The number of aromatic nitrogens is 3. The summed E-state index contributed by atoms with van der Waals surface area (Å²) < 4.78 is 48.8. The molecule has 12 heteroatoms. The average Bonchev–Trinajstić information content (AvgIpc) is 2.92. The van der Waals surface area contributed by atoms with Gasteiger partial charge in [0.1, 0.15) is 11.6 Å². The van der Waals surface area contributed by atoms with Crippen LogP contribution in [-0.2, 0) is 13.0 Å². The summed E-state index contributed by atoms with van der Waals surface area (Å²) in [6.45, 7) is 1.65. The lowest BCUT2D eigenvalue weighted by Crippen LogP contribution is -2.27. The van der Waals surface area contributed by atoms with Crippen LogP contribution in [0.1, 0.15) is 46.6 Å². The van der Waals surface area contributed by atoms with Crippen molar-refractivity contribution in [2.45, 2.75) is 38.4 Å². The first-order valence-corrected chi connectivity index (χ1v) is 12.8. The molecule has 6 rings (SSSR count). The molecule has 4 heterocycles. The third-order valence-electron chi connectivity index (χ3n) is 5.81. The fourth-order valence-corrected chi connectivity index (χ4v) is 3.79. The van der Waals surface area contributed by atoms with Crippen molar-refractivity contribution >= 4 is 11.9 Å². The Morgan fingerprint density at radius 1 is 0.846 bits per heavy atom. The maximum absolute atomic E-state index is 12.7. The predicted molar refractivity (Wildman–Crippen MR) is 139 cm³/mol. The maximum atomic E-state index is 12.7. The molecular formula is C27H31F3N6O3. The van der Waals surface area contributed by atoms with Gasteiger partial charge in [-0.15, -0.1) is 0 Å². The number of alkyl halides is 3. The smallest absolute Gasteiger partial charge is 0.422 e. The van der Waals surface area contributed by atoms with Gasteiger partial charge in [-0.2, -0.15) is 28.1 Å². The minimum absolute atomic E-state index is 0.0904. The zero-order chi connectivity index (χ0) is 27.5. The molecule has 2 aromatic carbocycles. The van der Waals surface area contributed by atoms with Gasteiger partial charge in [0, 0.05) is 25.1 Å². The molecule has 1 aromatic heterocycles. The Hall–Kier alpha value is -3.93. The first-order valence-electron chi connectivity index (χ1n) is 12.8. The van der Waals surface area contributed by atoms with Gasteiger partial charge in [0.25, 0.3) is 5.91 Å². The highest BCUT2D eigenvalue weighted by molar-refractivity contribution is 5.94. The first kappa shape index (κ1) is 28.1. The second-order valence-corrected chi connectivity index (χ2v) is 9.05. The van der Waals surface area contributed by atoms with E-state index in [-0.39, 0.29) is 24.1 Å². The summed E-state index contributed by atoms with van der Waals surface area (Å²) in [5.41, 5.74) is 2.19. The van der Waals surface area contributed by atoms with E-state index in [1.54, 1.807) is 24.3 Å². The van der Waals surface area contributed by atoms with Crippen molar-refractivity contribution in [3.63, 3.8) is 0 Å². The lowest BCUT2D eigenvalue weighted by atomic mass is 10.1. The second-order valence-electron chi connectivity index (χ2n) is 9.05. The van der Waals surface area contributed by atoms with Gasteiger partial charge in [-0.3, -0.25) is 4.79 Å². The van der Waals surface area contributed by atoms with E-state index in [9.17, 15) is 18.0 Å². The molecule has 6 bridgehead atoms. The van der Waals surface area contributed by atoms with E-state index < -0.39 is 18.8 Å². The van der Waals surface area contributed by atoms with Crippen LogP contribution in [0.5, 0.6) is 11.8 Å². The van der Waals surface area contributed by atoms with E-state index in [1.807, 2.05) is 24.3 Å². The van der Waals surface area contributed by atoms with Gasteiger partial charge in [0.2, 0.25) is 5.95 Å². The number of ether oxygens (including phenoxy) is 2. The minimum atomic E-state index is -4.53. The van der Waals surface area contributed by atoms with E-state index in [4.69, 9.17) is 9.47 Å². The lowest BCUT2D eigenvalue weighted by molar-refractivity contribution is -0.154. The van der Waals surface area contributed by atoms with Gasteiger partial charge in [-0.1, -0.05) is 24.3 Å². The molecule has 3 N–H and O–H groups in total. The normalized spacial score (nSPS) is 15.8. The molecule has 1 amide bonds. The van der Waals surface area contributed by atoms with Crippen LogP contribution in [0.3, 0.4) is 0 Å². The summed E-state index contributed by atoms with van der Waals surface area (Å²) in [5, 5.41) is 9.31. The van der Waals surface area contributed by atoms with Gasteiger partial charge in [0.15, 0.2) is 6.61 Å². The fourth-order valence-electron chi connectivity index (χ4n) is 3.79. The number of halogens is 3. The van der Waals surface area contributed by atoms with Crippen molar-refractivity contribution in [1.29, 1.82) is 0 Å². The minimum Gasteiger partial charge on any atom is -0.494 e. The van der Waals surface area contributed by atoms with Crippen LogP contribution in [-0.4, -0.2) is 59.9 Å². The Balaban J connectivity index is 1.52. The predicted octanol–water partition coefficient (Wildman–Crippen LogP) is 3.90. The summed E-state index contributed by atoms with van der Waals surface area (Å²) in [5.74, 6) is 0.894. The van der Waals surface area contributed by atoms with Crippen LogP contribution < -0.4 is 25.4 Å². The molecule has 3 aliphatic rings. The number of anilines is 1. The Morgan fingerprint density at radius 2 is 1.59 bits per heavy atom. The number of fused-ring (bicyclic) bond motifs is 2. The summed E-state index contributed by atoms with van der Waals surface area (Å²) >= 11 is 0. The Morgan fingerprint density at radius 3 is 2.36 bits per heavy atom. The quantitative estimate of drug-likeness (QED) is 0.446. The average molecular weight is 545 g/mol. The molecule has 9 nitrogen and oxygen atoms in total. The van der Waals surface area contributed by atoms with Gasteiger partial charge in [-0.25, -0.2) is 0 Å². The van der Waals surface area contributed by atoms with Gasteiger partial charge in [0.05, 0.1) is 6.61 Å². The number of rotatable bonds is 2. The van der Waals surface area contributed by atoms with Crippen LogP contribution in [0.15, 0.2) is 48.5 Å². The molecule has 0 unspecified atom stereocenters. The van der Waals surface area contributed by atoms with Crippen LogP contribution in [0.2, 0.25) is 0 Å². The Labute approximate surface area is 224 Å². The number of nitrogens with zero attached hydrogens (tertiary/aromatic N) is 3. The molecule has 0 radical (unpaired) electrons. The maximum Gasteiger partial charge on any atom is 0.422 e. The van der Waals surface area contributed by atoms with E-state index in [1.165, 1.54) is 0 Å². The number of hydrogen-bond acceptors (Lipinski definition) is 8. The number of benzene rings is 2. The Bertz CT molecular complexity index is 1210.